The monoisotopic (exact) mass is 544 g/mol. The number of benzene rings is 2. The molecular formula is C29H31ClF2N2O4. The van der Waals surface area contributed by atoms with Gasteiger partial charge in [0.15, 0.2) is 0 Å². The van der Waals surface area contributed by atoms with Gasteiger partial charge in [0.2, 0.25) is 0 Å². The lowest BCUT2D eigenvalue weighted by Gasteiger charge is -2.45. The van der Waals surface area contributed by atoms with Crippen LogP contribution in [0.1, 0.15) is 55.3 Å². The number of hydrogen-bond acceptors (Lipinski definition) is 6. The first-order chi connectivity index (χ1) is 18.4. The molecular weight excluding hydrogens is 514 g/mol. The van der Waals surface area contributed by atoms with Gasteiger partial charge in [-0.1, -0.05) is 11.6 Å². The van der Waals surface area contributed by atoms with Gasteiger partial charge < -0.3 is 19.9 Å². The fourth-order valence-corrected chi connectivity index (χ4v) is 6.05. The summed E-state index contributed by atoms with van der Waals surface area (Å²) in [6.45, 7) is 1.46. The molecule has 2 aromatic carbocycles. The van der Waals surface area contributed by atoms with Gasteiger partial charge in [-0.2, -0.15) is 0 Å². The Bertz CT molecular complexity index is 1320. The molecule has 2 N–H and O–H groups in total. The molecule has 1 aliphatic carbocycles. The lowest BCUT2D eigenvalue weighted by atomic mass is 9.65. The van der Waals surface area contributed by atoms with Gasteiger partial charge in [0, 0.05) is 29.6 Å². The molecule has 6 nitrogen and oxygen atoms in total. The maximum atomic E-state index is 14.7. The summed E-state index contributed by atoms with van der Waals surface area (Å²) in [6.07, 6.45) is 2.91. The van der Waals surface area contributed by atoms with Gasteiger partial charge in [-0.3, -0.25) is 9.78 Å². The highest BCUT2D eigenvalue weighted by Gasteiger charge is 2.46. The minimum absolute atomic E-state index is 0.211. The summed E-state index contributed by atoms with van der Waals surface area (Å²) < 4.78 is 39.9. The number of nitrogens with one attached hydrogen (secondary N) is 1. The molecule has 1 saturated carbocycles. The Balaban J connectivity index is 1.37. The van der Waals surface area contributed by atoms with Crippen molar-refractivity contribution in [1.29, 1.82) is 0 Å². The first kappa shape index (κ1) is 26.8. The molecule has 1 aromatic heterocycles. The Morgan fingerprint density at radius 3 is 2.87 bits per heavy atom. The summed E-state index contributed by atoms with van der Waals surface area (Å²) in [6, 6.07) is 8.79. The van der Waals surface area contributed by atoms with E-state index < -0.39 is 23.8 Å². The summed E-state index contributed by atoms with van der Waals surface area (Å²) in [4.78, 5) is 17.2. The highest BCUT2D eigenvalue weighted by molar-refractivity contribution is 6.32. The van der Waals surface area contributed by atoms with Crippen molar-refractivity contribution in [2.24, 2.45) is 11.8 Å². The third-order valence-electron chi connectivity index (χ3n) is 7.91. The topological polar surface area (TPSA) is 80.7 Å². The van der Waals surface area contributed by atoms with Crippen molar-refractivity contribution in [3.63, 3.8) is 0 Å². The van der Waals surface area contributed by atoms with Crippen LogP contribution in [-0.4, -0.2) is 42.4 Å². The van der Waals surface area contributed by atoms with E-state index in [1.165, 1.54) is 12.3 Å². The van der Waals surface area contributed by atoms with E-state index in [4.69, 9.17) is 21.1 Å². The van der Waals surface area contributed by atoms with Crippen molar-refractivity contribution in [2.75, 3.05) is 20.2 Å². The molecule has 3 unspecified atom stereocenters. The molecule has 1 aliphatic heterocycles. The maximum Gasteiger partial charge on any atom is 0.310 e. The molecule has 1 saturated heterocycles. The van der Waals surface area contributed by atoms with Crippen LogP contribution in [0.4, 0.5) is 8.78 Å². The number of nitrogens with zero attached hydrogens (tertiary/aromatic N) is 1. The number of carbonyl (C=O) groups is 1. The van der Waals surface area contributed by atoms with Crippen molar-refractivity contribution in [2.45, 2.75) is 50.2 Å². The molecule has 2 fully saturated rings. The van der Waals surface area contributed by atoms with Gasteiger partial charge in [0.25, 0.3) is 0 Å². The number of esters is 1. The van der Waals surface area contributed by atoms with Crippen LogP contribution < -0.4 is 10.1 Å². The number of aliphatic hydroxyl groups excluding tert-OH is 1. The summed E-state index contributed by atoms with van der Waals surface area (Å²) in [5.74, 6) is -1.47. The summed E-state index contributed by atoms with van der Waals surface area (Å²) >= 11 is 6.47. The molecule has 2 aliphatic rings. The van der Waals surface area contributed by atoms with Gasteiger partial charge in [-0.05, 0) is 86.5 Å². The largest absolute Gasteiger partial charge is 0.497 e. The van der Waals surface area contributed by atoms with E-state index in [1.54, 1.807) is 25.3 Å². The Kier molecular flexibility index (Phi) is 8.12. The fourth-order valence-electron chi connectivity index (χ4n) is 5.77. The van der Waals surface area contributed by atoms with E-state index in [2.05, 4.69) is 10.3 Å². The number of carbonyl (C=O) groups excluding carboxylic acids is 1. The van der Waals surface area contributed by atoms with E-state index in [-0.39, 0.29) is 35.7 Å². The minimum Gasteiger partial charge on any atom is -0.497 e. The highest BCUT2D eigenvalue weighted by Crippen LogP contribution is 2.49. The van der Waals surface area contributed by atoms with Gasteiger partial charge >= 0.3 is 5.97 Å². The summed E-state index contributed by atoms with van der Waals surface area (Å²) in [5.41, 5.74) is 1.47. The Morgan fingerprint density at radius 1 is 1.26 bits per heavy atom. The van der Waals surface area contributed by atoms with Crippen LogP contribution in [0, 0.1) is 23.5 Å². The number of aliphatic hydroxyl groups is 1. The maximum absolute atomic E-state index is 14.7. The molecule has 3 aromatic rings. The molecule has 0 bridgehead atoms. The Labute approximate surface area is 225 Å². The standard InChI is InChI=1S/C29H31ClF2N2O4/c1-37-18-5-8-25-22(12-18)28(23(30)15-34-25)26(35)9-6-19-20(21-11-17(31)4-7-24(21)32)13-27(19)38-29(36)16-3-2-10-33-14-16/h4-5,7-8,11-12,15-16,19-20,26-27,33,35H,2-3,6,9-10,13-14H2,1H3/t16?,19-,20-,26?,27?/m1/s1. The number of fused-ring (bicyclic) bond motifs is 1. The molecule has 38 heavy (non-hydrogen) atoms. The predicted octanol–water partition coefficient (Wildman–Crippen LogP) is 5.70. The Hall–Kier alpha value is -2.81. The predicted molar refractivity (Wildman–Crippen MR) is 140 cm³/mol. The zero-order chi connectivity index (χ0) is 26.8. The minimum atomic E-state index is -0.947. The van der Waals surface area contributed by atoms with Crippen molar-refractivity contribution >= 4 is 28.5 Å². The smallest absolute Gasteiger partial charge is 0.310 e. The first-order valence-corrected chi connectivity index (χ1v) is 13.4. The van der Waals surface area contributed by atoms with Gasteiger partial charge in [0.1, 0.15) is 23.5 Å². The van der Waals surface area contributed by atoms with Crippen LogP contribution in [0.2, 0.25) is 5.02 Å². The highest BCUT2D eigenvalue weighted by atomic mass is 35.5. The third kappa shape index (κ3) is 5.48. The van der Waals surface area contributed by atoms with Crippen molar-refractivity contribution in [3.05, 3.63) is 70.4 Å². The molecule has 202 valence electrons. The average molecular weight is 545 g/mol. The number of ether oxygens (including phenoxy) is 2. The zero-order valence-electron chi connectivity index (χ0n) is 21.1. The molecule has 0 spiro atoms. The van der Waals surface area contributed by atoms with Crippen LogP contribution in [0.15, 0.2) is 42.6 Å². The van der Waals surface area contributed by atoms with Crippen LogP contribution in [0.25, 0.3) is 10.9 Å². The number of hydrogen-bond donors (Lipinski definition) is 2. The van der Waals surface area contributed by atoms with Crippen LogP contribution in [0.3, 0.4) is 0 Å². The van der Waals surface area contributed by atoms with E-state index in [1.807, 2.05) is 0 Å². The second-order valence-electron chi connectivity index (χ2n) is 10.2. The lowest BCUT2D eigenvalue weighted by Crippen LogP contribution is -2.45. The van der Waals surface area contributed by atoms with Gasteiger partial charge in [-0.15, -0.1) is 0 Å². The fraction of sp³-hybridized carbons (Fsp3) is 0.448. The number of aromatic nitrogens is 1. The Morgan fingerprint density at radius 2 is 2.11 bits per heavy atom. The normalized spacial score (nSPS) is 24.0. The van der Waals surface area contributed by atoms with Crippen LogP contribution in [-0.2, 0) is 9.53 Å². The summed E-state index contributed by atoms with van der Waals surface area (Å²) in [7, 11) is 1.56. The number of piperidine rings is 1. The zero-order valence-corrected chi connectivity index (χ0v) is 21.9. The van der Waals surface area contributed by atoms with Crippen molar-refractivity contribution in [3.8, 4) is 5.75 Å². The molecule has 0 radical (unpaired) electrons. The SMILES string of the molecule is COc1ccc2ncc(Cl)c(C(O)CC[C@H]3C(OC(=O)C4CCCNC4)C[C@H]3c3cc(F)ccc3F)c2c1. The number of methoxy groups -OCH3 is 1. The molecule has 0 amide bonds. The van der Waals surface area contributed by atoms with Gasteiger partial charge in [-0.25, -0.2) is 8.78 Å². The number of halogens is 3. The molecule has 9 heteroatoms. The summed E-state index contributed by atoms with van der Waals surface area (Å²) in [5, 5.41) is 15.5. The number of rotatable bonds is 8. The van der Waals surface area contributed by atoms with Gasteiger partial charge in [0.05, 0.1) is 29.7 Å². The second kappa shape index (κ2) is 11.5. The first-order valence-electron chi connectivity index (χ1n) is 13.0. The van der Waals surface area contributed by atoms with E-state index in [9.17, 15) is 18.7 Å². The van der Waals surface area contributed by atoms with E-state index in [0.29, 0.717) is 46.6 Å². The second-order valence-corrected chi connectivity index (χ2v) is 10.6. The molecule has 5 rings (SSSR count). The van der Waals surface area contributed by atoms with Crippen molar-refractivity contribution in [1.82, 2.24) is 10.3 Å². The third-order valence-corrected chi connectivity index (χ3v) is 8.21. The lowest BCUT2D eigenvalue weighted by molar-refractivity contribution is -0.166. The quantitative estimate of drug-likeness (QED) is 0.354. The van der Waals surface area contributed by atoms with Crippen LogP contribution >= 0.6 is 11.6 Å². The van der Waals surface area contributed by atoms with E-state index in [0.717, 1.165) is 31.5 Å². The van der Waals surface area contributed by atoms with Crippen LogP contribution in [0.5, 0.6) is 5.75 Å². The van der Waals surface area contributed by atoms with Crippen molar-refractivity contribution < 1.29 is 28.2 Å². The molecule has 5 atom stereocenters. The average Bonchev–Trinajstić information content (AvgIpc) is 2.92. The van der Waals surface area contributed by atoms with E-state index >= 15 is 0 Å². The number of pyridine rings is 1. The molecule has 2 heterocycles.